The van der Waals surface area contributed by atoms with Crippen molar-refractivity contribution < 1.29 is 33.7 Å². The lowest BCUT2D eigenvalue weighted by atomic mass is 10.2. The van der Waals surface area contributed by atoms with Crippen LogP contribution in [0.1, 0.15) is 27.6 Å². The van der Waals surface area contributed by atoms with Gasteiger partial charge >= 0.3 is 11.9 Å². The molecule has 0 saturated heterocycles. The molecular weight excluding hydrogens is 354 g/mol. The van der Waals surface area contributed by atoms with Crippen LogP contribution in [0.3, 0.4) is 0 Å². The molecule has 0 aliphatic carbocycles. The predicted octanol–water partition coefficient (Wildman–Crippen LogP) is 2.59. The zero-order valence-electron chi connectivity index (χ0n) is 14.9. The minimum atomic E-state index is -1.09. The van der Waals surface area contributed by atoms with Crippen molar-refractivity contribution in [3.8, 4) is 11.5 Å². The number of benzene rings is 2. The monoisotopic (exact) mass is 373 g/mol. The number of esters is 1. The van der Waals surface area contributed by atoms with E-state index >= 15 is 0 Å². The SMILES string of the molecule is CCOC(=O)c1ccc(NC(=O)COc2ccc(C(=O)O)cc2OC)cc1. The molecule has 0 spiro atoms. The molecule has 0 bridgehead atoms. The van der Waals surface area contributed by atoms with E-state index in [0.29, 0.717) is 11.3 Å². The average molecular weight is 373 g/mol. The predicted molar refractivity (Wildman–Crippen MR) is 96.5 cm³/mol. The average Bonchev–Trinajstić information content (AvgIpc) is 2.66. The molecule has 0 saturated carbocycles. The lowest BCUT2D eigenvalue weighted by Crippen LogP contribution is -2.20. The number of rotatable bonds is 8. The fraction of sp³-hybridized carbons (Fsp3) is 0.211. The number of carbonyl (C=O) groups is 3. The van der Waals surface area contributed by atoms with Crippen LogP contribution in [0.2, 0.25) is 0 Å². The summed E-state index contributed by atoms with van der Waals surface area (Å²) in [5.41, 5.74) is 0.921. The second-order valence-electron chi connectivity index (χ2n) is 5.31. The number of ether oxygens (including phenoxy) is 3. The molecule has 2 aromatic carbocycles. The summed E-state index contributed by atoms with van der Waals surface area (Å²) in [6.07, 6.45) is 0. The number of amides is 1. The van der Waals surface area contributed by atoms with Crippen molar-refractivity contribution >= 4 is 23.5 Å². The summed E-state index contributed by atoms with van der Waals surface area (Å²) in [4.78, 5) is 34.6. The maximum absolute atomic E-state index is 12.0. The van der Waals surface area contributed by atoms with Gasteiger partial charge < -0.3 is 24.6 Å². The van der Waals surface area contributed by atoms with Crippen LogP contribution in [0.5, 0.6) is 11.5 Å². The number of carboxylic acid groups (broad SMARTS) is 1. The van der Waals surface area contributed by atoms with Crippen molar-refractivity contribution in [1.82, 2.24) is 0 Å². The molecule has 2 aromatic rings. The van der Waals surface area contributed by atoms with E-state index in [9.17, 15) is 14.4 Å². The third-order valence-corrected chi connectivity index (χ3v) is 3.45. The number of aromatic carboxylic acids is 1. The van der Waals surface area contributed by atoms with Crippen LogP contribution in [-0.4, -0.2) is 43.3 Å². The van der Waals surface area contributed by atoms with Crippen LogP contribution in [0.25, 0.3) is 0 Å². The van der Waals surface area contributed by atoms with E-state index in [1.54, 1.807) is 31.2 Å². The van der Waals surface area contributed by atoms with Gasteiger partial charge in [-0.15, -0.1) is 0 Å². The topological polar surface area (TPSA) is 111 Å². The van der Waals surface area contributed by atoms with Crippen LogP contribution >= 0.6 is 0 Å². The van der Waals surface area contributed by atoms with Gasteiger partial charge in [0.1, 0.15) is 0 Å². The largest absolute Gasteiger partial charge is 0.493 e. The summed E-state index contributed by atoms with van der Waals surface area (Å²) in [7, 11) is 1.37. The third-order valence-electron chi connectivity index (χ3n) is 3.45. The highest BCUT2D eigenvalue weighted by molar-refractivity contribution is 5.94. The smallest absolute Gasteiger partial charge is 0.338 e. The van der Waals surface area contributed by atoms with Crippen LogP contribution < -0.4 is 14.8 Å². The van der Waals surface area contributed by atoms with Crippen molar-refractivity contribution in [1.29, 1.82) is 0 Å². The normalized spacial score (nSPS) is 10.0. The Balaban J connectivity index is 1.94. The molecule has 0 radical (unpaired) electrons. The number of hydrogen-bond donors (Lipinski definition) is 2. The zero-order valence-corrected chi connectivity index (χ0v) is 14.9. The van der Waals surface area contributed by atoms with Gasteiger partial charge in [0.05, 0.1) is 24.8 Å². The van der Waals surface area contributed by atoms with Crippen molar-refractivity contribution in [3.63, 3.8) is 0 Å². The first-order valence-corrected chi connectivity index (χ1v) is 8.05. The standard InChI is InChI=1S/C19H19NO7/c1-3-26-19(24)12-4-7-14(8-5-12)20-17(21)11-27-15-9-6-13(18(22)23)10-16(15)25-2/h4-10H,3,11H2,1-2H3,(H,20,21)(H,22,23). The highest BCUT2D eigenvalue weighted by Crippen LogP contribution is 2.28. The highest BCUT2D eigenvalue weighted by atomic mass is 16.5. The number of methoxy groups -OCH3 is 1. The quantitative estimate of drug-likeness (QED) is 0.684. The summed E-state index contributed by atoms with van der Waals surface area (Å²) >= 11 is 0. The Hall–Kier alpha value is -3.55. The molecule has 142 valence electrons. The van der Waals surface area contributed by atoms with Crippen LogP contribution in [0.4, 0.5) is 5.69 Å². The molecule has 0 heterocycles. The van der Waals surface area contributed by atoms with Gasteiger partial charge in [0.2, 0.25) is 0 Å². The minimum Gasteiger partial charge on any atom is -0.493 e. The van der Waals surface area contributed by atoms with Crippen LogP contribution in [0.15, 0.2) is 42.5 Å². The molecule has 0 aliphatic heterocycles. The maximum Gasteiger partial charge on any atom is 0.338 e. The first-order chi connectivity index (χ1) is 12.9. The number of nitrogens with one attached hydrogen (secondary N) is 1. The molecule has 8 heteroatoms. The van der Waals surface area contributed by atoms with E-state index in [4.69, 9.17) is 19.3 Å². The van der Waals surface area contributed by atoms with Crippen molar-refractivity contribution in [2.45, 2.75) is 6.92 Å². The van der Waals surface area contributed by atoms with Gasteiger partial charge in [0.25, 0.3) is 5.91 Å². The Bertz CT molecular complexity index is 830. The van der Waals surface area contributed by atoms with E-state index in [0.717, 1.165) is 0 Å². The molecule has 0 aromatic heterocycles. The molecule has 27 heavy (non-hydrogen) atoms. The van der Waals surface area contributed by atoms with E-state index < -0.39 is 17.8 Å². The summed E-state index contributed by atoms with van der Waals surface area (Å²) in [6.45, 7) is 1.70. The first kappa shape index (κ1) is 19.8. The van der Waals surface area contributed by atoms with Gasteiger partial charge in [0, 0.05) is 5.69 Å². The van der Waals surface area contributed by atoms with Crippen LogP contribution in [-0.2, 0) is 9.53 Å². The molecule has 8 nitrogen and oxygen atoms in total. The Kier molecular flexibility index (Phi) is 6.76. The summed E-state index contributed by atoms with van der Waals surface area (Å²) in [6, 6.07) is 10.3. The Morgan fingerprint density at radius 3 is 2.26 bits per heavy atom. The first-order valence-electron chi connectivity index (χ1n) is 8.05. The van der Waals surface area contributed by atoms with Crippen molar-refractivity contribution in [2.75, 3.05) is 25.6 Å². The number of carboxylic acids is 1. The summed E-state index contributed by atoms with van der Waals surface area (Å²) in [5.74, 6) is -1.50. The molecule has 0 unspecified atom stereocenters. The Morgan fingerprint density at radius 2 is 1.67 bits per heavy atom. The van der Waals surface area contributed by atoms with Gasteiger partial charge in [0.15, 0.2) is 18.1 Å². The second kappa shape index (κ2) is 9.23. The molecule has 0 fully saturated rings. The Labute approximate surface area is 155 Å². The summed E-state index contributed by atoms with van der Waals surface area (Å²) < 4.78 is 15.4. The van der Waals surface area contributed by atoms with Gasteiger partial charge in [-0.1, -0.05) is 0 Å². The van der Waals surface area contributed by atoms with E-state index in [1.807, 2.05) is 0 Å². The van der Waals surface area contributed by atoms with Gasteiger partial charge in [-0.25, -0.2) is 9.59 Å². The lowest BCUT2D eigenvalue weighted by molar-refractivity contribution is -0.118. The van der Waals surface area contributed by atoms with E-state index in [2.05, 4.69) is 5.32 Å². The Morgan fingerprint density at radius 1 is 1.00 bits per heavy atom. The van der Waals surface area contributed by atoms with E-state index in [-0.39, 0.29) is 30.3 Å². The zero-order chi connectivity index (χ0) is 19.8. The second-order valence-corrected chi connectivity index (χ2v) is 5.31. The van der Waals surface area contributed by atoms with Gasteiger partial charge in [-0.2, -0.15) is 0 Å². The highest BCUT2D eigenvalue weighted by Gasteiger charge is 2.12. The molecule has 0 aliphatic rings. The number of anilines is 1. The molecule has 1 amide bonds. The van der Waals surface area contributed by atoms with Crippen molar-refractivity contribution in [2.24, 2.45) is 0 Å². The fourth-order valence-electron chi connectivity index (χ4n) is 2.16. The van der Waals surface area contributed by atoms with Crippen molar-refractivity contribution in [3.05, 3.63) is 53.6 Å². The van der Waals surface area contributed by atoms with Gasteiger partial charge in [-0.3, -0.25) is 4.79 Å². The molecule has 2 N–H and O–H groups in total. The fourth-order valence-corrected chi connectivity index (χ4v) is 2.16. The number of carbonyl (C=O) groups excluding carboxylic acids is 2. The maximum atomic E-state index is 12.0. The summed E-state index contributed by atoms with van der Waals surface area (Å²) in [5, 5.41) is 11.6. The molecular formula is C19H19NO7. The minimum absolute atomic E-state index is 0.0466. The number of hydrogen-bond acceptors (Lipinski definition) is 6. The van der Waals surface area contributed by atoms with Gasteiger partial charge in [-0.05, 0) is 49.4 Å². The lowest BCUT2D eigenvalue weighted by Gasteiger charge is -2.11. The van der Waals surface area contributed by atoms with E-state index in [1.165, 1.54) is 25.3 Å². The van der Waals surface area contributed by atoms with Crippen LogP contribution in [0, 0.1) is 0 Å². The molecule has 2 rings (SSSR count). The third kappa shape index (κ3) is 5.46. The molecule has 0 atom stereocenters.